The molecule has 1 amide bonds. The molecule has 0 fully saturated rings. The van der Waals surface area contributed by atoms with Crippen LogP contribution in [0.5, 0.6) is 0 Å². The first kappa shape index (κ1) is 20.8. The molecule has 0 bridgehead atoms. The van der Waals surface area contributed by atoms with Crippen molar-refractivity contribution >= 4 is 23.6 Å². The first-order chi connectivity index (χ1) is 11.7. The van der Waals surface area contributed by atoms with Gasteiger partial charge in [0.05, 0.1) is 0 Å². The predicted molar refractivity (Wildman–Crippen MR) is 105 cm³/mol. The van der Waals surface area contributed by atoms with Crippen LogP contribution in [0.3, 0.4) is 0 Å². The second-order valence-corrected chi connectivity index (χ2v) is 6.77. The van der Waals surface area contributed by atoms with Crippen LogP contribution in [-0.4, -0.2) is 23.9 Å². The monoisotopic (exact) mass is 349 g/mol. The minimum absolute atomic E-state index is 0.123. The Hall–Kier alpha value is -1.28. The van der Waals surface area contributed by atoms with Gasteiger partial charge in [0.15, 0.2) is 0 Å². The van der Waals surface area contributed by atoms with Crippen LogP contribution in [0.2, 0.25) is 5.02 Å². The number of amides is 1. The highest BCUT2D eigenvalue weighted by Gasteiger charge is 2.09. The van der Waals surface area contributed by atoms with E-state index in [-0.39, 0.29) is 5.91 Å². The van der Waals surface area contributed by atoms with Crippen LogP contribution >= 0.6 is 11.6 Å². The molecule has 0 unspecified atom stereocenters. The number of unbranched alkanes of at least 4 members (excludes halogenated alkanes) is 6. The van der Waals surface area contributed by atoms with Crippen molar-refractivity contribution in [1.82, 2.24) is 4.90 Å². The first-order valence-corrected chi connectivity index (χ1v) is 9.77. The van der Waals surface area contributed by atoms with E-state index >= 15 is 0 Å². The normalized spacial score (nSPS) is 11.1. The number of benzene rings is 1. The van der Waals surface area contributed by atoms with Crippen molar-refractivity contribution in [1.29, 1.82) is 0 Å². The van der Waals surface area contributed by atoms with Crippen molar-refractivity contribution < 1.29 is 4.79 Å². The molecule has 0 saturated heterocycles. The molecule has 1 aromatic carbocycles. The third kappa shape index (κ3) is 9.12. The van der Waals surface area contributed by atoms with Gasteiger partial charge in [-0.05, 0) is 36.6 Å². The Morgan fingerprint density at radius 3 is 1.96 bits per heavy atom. The minimum atomic E-state index is 0.123. The molecule has 24 heavy (non-hydrogen) atoms. The van der Waals surface area contributed by atoms with Gasteiger partial charge < -0.3 is 4.90 Å². The van der Waals surface area contributed by atoms with Crippen molar-refractivity contribution in [2.45, 2.75) is 65.2 Å². The molecule has 0 aliphatic rings. The molecule has 0 heterocycles. The number of halogens is 1. The molecule has 3 heteroatoms. The molecule has 0 aliphatic heterocycles. The van der Waals surface area contributed by atoms with Gasteiger partial charge in [-0.25, -0.2) is 0 Å². The van der Waals surface area contributed by atoms with Crippen molar-refractivity contribution in [2.24, 2.45) is 0 Å². The maximum atomic E-state index is 12.5. The van der Waals surface area contributed by atoms with Gasteiger partial charge in [0.25, 0.3) is 0 Å². The Bertz CT molecular complexity index is 469. The van der Waals surface area contributed by atoms with E-state index in [1.165, 1.54) is 38.5 Å². The van der Waals surface area contributed by atoms with Gasteiger partial charge >= 0.3 is 0 Å². The van der Waals surface area contributed by atoms with Gasteiger partial charge in [-0.1, -0.05) is 76.1 Å². The molecule has 0 N–H and O–H groups in total. The summed E-state index contributed by atoms with van der Waals surface area (Å²) in [4.78, 5) is 14.5. The van der Waals surface area contributed by atoms with Crippen LogP contribution in [-0.2, 0) is 4.79 Å². The van der Waals surface area contributed by atoms with Crippen LogP contribution in [0.1, 0.15) is 70.8 Å². The smallest absolute Gasteiger partial charge is 0.246 e. The Labute approximate surface area is 152 Å². The molecule has 2 nitrogen and oxygen atoms in total. The summed E-state index contributed by atoms with van der Waals surface area (Å²) in [5.74, 6) is 0.123. The highest BCUT2D eigenvalue weighted by atomic mass is 35.5. The van der Waals surface area contributed by atoms with Crippen molar-refractivity contribution in [3.63, 3.8) is 0 Å². The molecule has 0 aromatic heterocycles. The Balaban J connectivity index is 2.54. The average Bonchev–Trinajstić information content (AvgIpc) is 2.59. The van der Waals surface area contributed by atoms with Crippen molar-refractivity contribution in [3.05, 3.63) is 40.9 Å². The predicted octanol–water partition coefficient (Wildman–Crippen LogP) is 6.34. The van der Waals surface area contributed by atoms with Gasteiger partial charge in [-0.2, -0.15) is 0 Å². The summed E-state index contributed by atoms with van der Waals surface area (Å²) in [7, 11) is 0. The lowest BCUT2D eigenvalue weighted by atomic mass is 10.1. The third-order valence-corrected chi connectivity index (χ3v) is 4.42. The average molecular weight is 350 g/mol. The first-order valence-electron chi connectivity index (χ1n) is 9.40. The minimum Gasteiger partial charge on any atom is -0.339 e. The SMILES string of the molecule is CCCCCCN(CCCCCC)C(=O)C=Cc1ccc(Cl)cc1. The number of rotatable bonds is 12. The van der Waals surface area contributed by atoms with Crippen LogP contribution < -0.4 is 0 Å². The largest absolute Gasteiger partial charge is 0.339 e. The number of nitrogens with zero attached hydrogens (tertiary/aromatic N) is 1. The summed E-state index contributed by atoms with van der Waals surface area (Å²) in [6.45, 7) is 6.16. The molecule has 0 aliphatic carbocycles. The van der Waals surface area contributed by atoms with Crippen LogP contribution in [0.15, 0.2) is 30.3 Å². The fourth-order valence-electron chi connectivity index (χ4n) is 2.64. The lowest BCUT2D eigenvalue weighted by molar-refractivity contribution is -0.126. The summed E-state index contributed by atoms with van der Waals surface area (Å²) in [6.07, 6.45) is 13.1. The van der Waals surface area contributed by atoms with Crippen molar-refractivity contribution in [3.8, 4) is 0 Å². The Morgan fingerprint density at radius 1 is 0.917 bits per heavy atom. The fourth-order valence-corrected chi connectivity index (χ4v) is 2.76. The molecular formula is C21H32ClNO. The van der Waals surface area contributed by atoms with Crippen molar-refractivity contribution in [2.75, 3.05) is 13.1 Å². The van der Waals surface area contributed by atoms with Gasteiger partial charge in [0.1, 0.15) is 0 Å². The third-order valence-electron chi connectivity index (χ3n) is 4.16. The van der Waals surface area contributed by atoms with Gasteiger partial charge in [-0.3, -0.25) is 4.79 Å². The lowest BCUT2D eigenvalue weighted by Crippen LogP contribution is -2.31. The summed E-state index contributed by atoms with van der Waals surface area (Å²) in [6, 6.07) is 7.55. The molecule has 134 valence electrons. The zero-order valence-corrected chi connectivity index (χ0v) is 16.0. The molecule has 1 aromatic rings. The molecular weight excluding hydrogens is 318 g/mol. The van der Waals surface area contributed by atoms with Gasteiger partial charge in [0.2, 0.25) is 5.91 Å². The van der Waals surface area contributed by atoms with E-state index in [1.807, 2.05) is 35.2 Å². The number of carbonyl (C=O) groups is 1. The molecule has 0 radical (unpaired) electrons. The summed E-state index contributed by atoms with van der Waals surface area (Å²) >= 11 is 5.89. The zero-order valence-electron chi connectivity index (χ0n) is 15.3. The summed E-state index contributed by atoms with van der Waals surface area (Å²) in [5.41, 5.74) is 1.00. The number of carbonyl (C=O) groups excluding carboxylic acids is 1. The van der Waals surface area contributed by atoms with Crippen LogP contribution in [0, 0.1) is 0 Å². The maximum Gasteiger partial charge on any atom is 0.246 e. The highest BCUT2D eigenvalue weighted by molar-refractivity contribution is 6.30. The van der Waals surface area contributed by atoms with Gasteiger partial charge in [-0.15, -0.1) is 0 Å². The van der Waals surface area contributed by atoms with Gasteiger partial charge in [0, 0.05) is 24.2 Å². The summed E-state index contributed by atoms with van der Waals surface area (Å²) < 4.78 is 0. The van der Waals surface area contributed by atoms with Crippen LogP contribution in [0.4, 0.5) is 0 Å². The van der Waals surface area contributed by atoms with E-state index < -0.39 is 0 Å². The van der Waals surface area contributed by atoms with E-state index in [0.717, 1.165) is 31.5 Å². The van der Waals surface area contributed by atoms with E-state index in [0.29, 0.717) is 5.02 Å². The number of hydrogen-bond donors (Lipinski definition) is 0. The molecule has 0 atom stereocenters. The summed E-state index contributed by atoms with van der Waals surface area (Å²) in [5, 5.41) is 0.715. The zero-order chi connectivity index (χ0) is 17.6. The highest BCUT2D eigenvalue weighted by Crippen LogP contribution is 2.11. The second kappa shape index (κ2) is 13.1. The Kier molecular flexibility index (Phi) is 11.3. The van der Waals surface area contributed by atoms with E-state index in [4.69, 9.17) is 11.6 Å². The topological polar surface area (TPSA) is 20.3 Å². The second-order valence-electron chi connectivity index (χ2n) is 6.33. The number of hydrogen-bond acceptors (Lipinski definition) is 1. The molecule has 1 rings (SSSR count). The maximum absolute atomic E-state index is 12.5. The van der Waals surface area contributed by atoms with E-state index in [9.17, 15) is 4.79 Å². The van der Waals surface area contributed by atoms with E-state index in [1.54, 1.807) is 6.08 Å². The lowest BCUT2D eigenvalue weighted by Gasteiger charge is -2.21. The Morgan fingerprint density at radius 2 is 1.46 bits per heavy atom. The standard InChI is InChI=1S/C21H32ClNO/c1-3-5-7-9-17-23(18-10-8-6-4-2)21(24)16-13-19-11-14-20(22)15-12-19/h11-16H,3-10,17-18H2,1-2H3. The molecule has 0 spiro atoms. The van der Waals surface area contributed by atoms with Crippen LogP contribution in [0.25, 0.3) is 6.08 Å². The quantitative estimate of drug-likeness (QED) is 0.318. The fraction of sp³-hybridized carbons (Fsp3) is 0.571. The van der Waals surface area contributed by atoms with E-state index in [2.05, 4.69) is 13.8 Å². The molecule has 0 saturated carbocycles.